The van der Waals surface area contributed by atoms with Gasteiger partial charge in [-0.05, 0) is 101 Å². The van der Waals surface area contributed by atoms with Gasteiger partial charge in [-0.3, -0.25) is 13.9 Å². The number of phenolic OH excluding ortho intramolecular Hbond substituents is 1. The van der Waals surface area contributed by atoms with Crippen LogP contribution >= 0.6 is 35.0 Å². The number of ether oxygens (including phenoxy) is 2. The summed E-state index contributed by atoms with van der Waals surface area (Å²) in [6.07, 6.45) is 12.4. The van der Waals surface area contributed by atoms with Crippen molar-refractivity contribution in [2.24, 2.45) is 0 Å². The number of hydrogen-bond acceptors (Lipinski definition) is 9. The van der Waals surface area contributed by atoms with E-state index in [0.29, 0.717) is 29.7 Å². The van der Waals surface area contributed by atoms with E-state index in [-0.39, 0.29) is 49.4 Å². The molecule has 0 bridgehead atoms. The van der Waals surface area contributed by atoms with E-state index < -0.39 is 32.4 Å². The van der Waals surface area contributed by atoms with E-state index in [0.717, 1.165) is 22.5 Å². The number of allylic oxidation sites excluding steroid dienone is 6. The zero-order chi connectivity index (χ0) is 38.9. The molecule has 3 aromatic rings. The fourth-order valence-electron chi connectivity index (χ4n) is 5.23. The molecule has 10 nitrogen and oxygen atoms in total. The maximum absolute atomic E-state index is 13.7. The Morgan fingerprint density at radius 3 is 2.36 bits per heavy atom. The van der Waals surface area contributed by atoms with Gasteiger partial charge in [-0.1, -0.05) is 65.3 Å². The standard InChI is InChI=1S/C35H32Cl2N2O8S2.C4H8/c1-4-46-29-13-11-26(18-27(29)40)39(3)49(44,45)30-19-31(37)48-33(30)34(42)38-25-16-23(15-24(36)17-25)35(43)47-28-12-10-22(14-20(28)2)32(41)21-8-6-5-7-9-21;1-3-4-2/h5-6,8,10-19,30,33,40H,4,7,9H2,1-3H3,(H,38,42);3-4H,1-2H3/b;4-3-. The summed E-state index contributed by atoms with van der Waals surface area (Å²) in [5, 5.41) is 10.5. The van der Waals surface area contributed by atoms with E-state index in [1.54, 1.807) is 38.1 Å². The number of carbonyl (C=O) groups excluding carboxylic acids is 3. The number of ketones is 1. The smallest absolute Gasteiger partial charge is 0.343 e. The molecule has 280 valence electrons. The Morgan fingerprint density at radius 2 is 1.74 bits per heavy atom. The predicted octanol–water partition coefficient (Wildman–Crippen LogP) is 8.98. The van der Waals surface area contributed by atoms with Crippen LogP contribution in [0.2, 0.25) is 5.02 Å². The lowest BCUT2D eigenvalue weighted by Gasteiger charge is -2.26. The summed E-state index contributed by atoms with van der Waals surface area (Å²) in [5.74, 6) is -1.35. The second-order valence-corrected chi connectivity index (χ2v) is 16.2. The van der Waals surface area contributed by atoms with Crippen LogP contribution in [0.15, 0.2) is 101 Å². The first kappa shape index (κ1) is 41.3. The van der Waals surface area contributed by atoms with Gasteiger partial charge in [0.15, 0.2) is 17.3 Å². The maximum atomic E-state index is 13.7. The van der Waals surface area contributed by atoms with Crippen LogP contribution < -0.4 is 19.1 Å². The number of anilines is 2. The minimum atomic E-state index is -4.23. The number of phenols is 1. The highest BCUT2D eigenvalue weighted by Crippen LogP contribution is 2.41. The van der Waals surface area contributed by atoms with Gasteiger partial charge < -0.3 is 19.9 Å². The first-order valence-electron chi connectivity index (χ1n) is 16.6. The summed E-state index contributed by atoms with van der Waals surface area (Å²) in [4.78, 5) is 39.6. The normalized spacial score (nSPS) is 16.6. The molecule has 1 aliphatic carbocycles. The third kappa shape index (κ3) is 10.3. The molecule has 5 rings (SSSR count). The molecular weight excluding hydrogens is 759 g/mol. The third-order valence-corrected chi connectivity index (χ3v) is 12.1. The zero-order valence-corrected chi connectivity index (χ0v) is 32.9. The molecule has 0 spiro atoms. The average molecular weight is 800 g/mol. The minimum absolute atomic E-state index is 0.0240. The van der Waals surface area contributed by atoms with Gasteiger partial charge in [-0.2, -0.15) is 0 Å². The number of aromatic hydroxyl groups is 1. The molecule has 0 saturated carbocycles. The lowest BCUT2D eigenvalue weighted by atomic mass is 9.95. The number of thioether (sulfide) groups is 1. The molecule has 3 aromatic carbocycles. The average Bonchev–Trinajstić information content (AvgIpc) is 3.55. The fraction of sp³-hybridized carbons (Fsp3) is 0.256. The van der Waals surface area contributed by atoms with Crippen LogP contribution in [0.1, 0.15) is 59.9 Å². The lowest BCUT2D eigenvalue weighted by Crippen LogP contribution is -2.43. The number of sulfonamides is 1. The Balaban J connectivity index is 0.00000149. The summed E-state index contributed by atoms with van der Waals surface area (Å²) < 4.78 is 39.4. The topological polar surface area (TPSA) is 139 Å². The van der Waals surface area contributed by atoms with Crippen molar-refractivity contribution >= 4 is 74.0 Å². The van der Waals surface area contributed by atoms with Crippen LogP contribution in [0.5, 0.6) is 17.2 Å². The predicted molar refractivity (Wildman–Crippen MR) is 213 cm³/mol. The van der Waals surface area contributed by atoms with Crippen LogP contribution in [0.4, 0.5) is 11.4 Å². The van der Waals surface area contributed by atoms with Gasteiger partial charge in [-0.15, -0.1) is 0 Å². The molecule has 0 radical (unpaired) electrons. The number of nitrogens with one attached hydrogen (secondary N) is 1. The molecule has 14 heteroatoms. The van der Waals surface area contributed by atoms with Crippen molar-refractivity contribution in [3.05, 3.63) is 123 Å². The summed E-state index contributed by atoms with van der Waals surface area (Å²) in [6.45, 7) is 7.78. The number of hydrogen-bond donors (Lipinski definition) is 2. The molecule has 1 heterocycles. The number of halogens is 2. The minimum Gasteiger partial charge on any atom is -0.504 e. The zero-order valence-electron chi connectivity index (χ0n) is 29.8. The summed E-state index contributed by atoms with van der Waals surface area (Å²) in [7, 11) is -2.92. The van der Waals surface area contributed by atoms with Crippen LogP contribution in [0, 0.1) is 6.92 Å². The lowest BCUT2D eigenvalue weighted by molar-refractivity contribution is -0.115. The van der Waals surface area contributed by atoms with Crippen molar-refractivity contribution in [2.45, 2.75) is 51.0 Å². The number of aryl methyl sites for hydroxylation is 1. The van der Waals surface area contributed by atoms with Crippen LogP contribution in [-0.4, -0.2) is 55.3 Å². The number of Topliss-reactive ketones (excluding diaryl/α,β-unsaturated/α-hetero) is 1. The largest absolute Gasteiger partial charge is 0.504 e. The monoisotopic (exact) mass is 798 g/mol. The molecular formula is C39H40Cl2N2O8S2. The highest BCUT2D eigenvalue weighted by atomic mass is 35.5. The van der Waals surface area contributed by atoms with Gasteiger partial charge in [0.1, 0.15) is 16.2 Å². The van der Waals surface area contributed by atoms with Crippen LogP contribution in [0.25, 0.3) is 0 Å². The van der Waals surface area contributed by atoms with Crippen molar-refractivity contribution in [1.82, 2.24) is 0 Å². The maximum Gasteiger partial charge on any atom is 0.343 e. The van der Waals surface area contributed by atoms with E-state index in [4.69, 9.17) is 32.7 Å². The van der Waals surface area contributed by atoms with Crippen molar-refractivity contribution < 1.29 is 37.4 Å². The Labute approximate surface area is 324 Å². The van der Waals surface area contributed by atoms with E-state index in [2.05, 4.69) is 5.32 Å². The SMILES string of the molecule is C/C=C\C.CCOc1ccc(N(C)S(=O)(=O)C2C=C(Cl)SC2C(=O)Nc2cc(Cl)cc(C(=O)Oc3ccc(C(=O)C4=CC=CCC4)cc3C)c2)cc1O. The second-order valence-electron chi connectivity index (χ2n) is 11.8. The summed E-state index contributed by atoms with van der Waals surface area (Å²) in [5.41, 5.74) is 2.06. The Bertz CT molecular complexity index is 2110. The molecule has 0 aromatic heterocycles. The molecule has 1 amide bonds. The van der Waals surface area contributed by atoms with Crippen LogP contribution in [-0.2, 0) is 14.8 Å². The van der Waals surface area contributed by atoms with Gasteiger partial charge >= 0.3 is 5.97 Å². The van der Waals surface area contributed by atoms with Gasteiger partial charge in [-0.25, -0.2) is 13.2 Å². The van der Waals surface area contributed by atoms with E-state index in [9.17, 15) is 27.9 Å². The van der Waals surface area contributed by atoms with Crippen molar-refractivity contribution in [2.75, 3.05) is 23.3 Å². The van der Waals surface area contributed by atoms with Crippen molar-refractivity contribution in [3.8, 4) is 17.2 Å². The molecule has 1 aliphatic heterocycles. The molecule has 2 aliphatic rings. The van der Waals surface area contributed by atoms with Gasteiger partial charge in [0.2, 0.25) is 15.9 Å². The van der Waals surface area contributed by atoms with E-state index in [1.165, 1.54) is 49.5 Å². The molecule has 53 heavy (non-hydrogen) atoms. The highest BCUT2D eigenvalue weighted by molar-refractivity contribution is 8.07. The van der Waals surface area contributed by atoms with Crippen molar-refractivity contribution in [1.29, 1.82) is 0 Å². The molecule has 2 atom stereocenters. The molecule has 0 fully saturated rings. The van der Waals surface area contributed by atoms with Crippen LogP contribution in [0.3, 0.4) is 0 Å². The quantitative estimate of drug-likeness (QED) is 0.0842. The number of nitrogens with zero attached hydrogens (tertiary/aromatic N) is 1. The number of rotatable bonds is 11. The van der Waals surface area contributed by atoms with Gasteiger partial charge in [0, 0.05) is 35.0 Å². The van der Waals surface area contributed by atoms with E-state index >= 15 is 0 Å². The molecule has 2 N–H and O–H groups in total. The number of carbonyl (C=O) groups is 3. The highest BCUT2D eigenvalue weighted by Gasteiger charge is 2.44. The first-order valence-corrected chi connectivity index (χ1v) is 19.7. The Kier molecular flexibility index (Phi) is 14.4. The van der Waals surface area contributed by atoms with E-state index in [1.807, 2.05) is 38.2 Å². The van der Waals surface area contributed by atoms with Gasteiger partial charge in [0.05, 0.1) is 22.2 Å². The number of esters is 1. The Hall–Kier alpha value is -4.49. The second kappa shape index (κ2) is 18.5. The molecule has 0 saturated heterocycles. The van der Waals surface area contributed by atoms with Gasteiger partial charge in [0.25, 0.3) is 0 Å². The number of benzene rings is 3. The summed E-state index contributed by atoms with van der Waals surface area (Å²) >= 11 is 13.4. The fourth-order valence-corrected chi connectivity index (χ4v) is 9.00. The third-order valence-electron chi connectivity index (χ3n) is 8.10. The van der Waals surface area contributed by atoms with Crippen molar-refractivity contribution in [3.63, 3.8) is 0 Å². The molecule has 2 unspecified atom stereocenters. The number of amides is 1. The first-order chi connectivity index (χ1) is 25.2. The Morgan fingerprint density at radius 1 is 1.02 bits per heavy atom. The summed E-state index contributed by atoms with van der Waals surface area (Å²) in [6, 6.07) is 13.1.